The van der Waals surface area contributed by atoms with E-state index >= 15 is 0 Å². The van der Waals surface area contributed by atoms with Crippen LogP contribution < -0.4 is 0 Å². The summed E-state index contributed by atoms with van der Waals surface area (Å²) in [7, 11) is 0. The van der Waals surface area contributed by atoms with E-state index in [1.807, 2.05) is 6.20 Å². The van der Waals surface area contributed by atoms with Crippen molar-refractivity contribution in [2.45, 2.75) is 26.2 Å². The molecule has 116 valence electrons. The molecule has 0 atom stereocenters. The summed E-state index contributed by atoms with van der Waals surface area (Å²) in [6.45, 7) is 10.8. The molecule has 0 radical (unpaired) electrons. The molecule has 0 spiro atoms. The van der Waals surface area contributed by atoms with Crippen molar-refractivity contribution in [2.75, 3.05) is 0 Å². The van der Waals surface area contributed by atoms with Crippen molar-refractivity contribution < 1.29 is 0 Å². The van der Waals surface area contributed by atoms with Gasteiger partial charge in [-0.3, -0.25) is 0 Å². The number of rotatable bonds is 6. The largest absolute Gasteiger partial charge is 0.361 e. The number of fused-ring (bicyclic) bond motifs is 1. The lowest BCUT2D eigenvalue weighted by molar-refractivity contribution is 1.07. The molecule has 1 nitrogen and oxygen atoms in total. The highest BCUT2D eigenvalue weighted by Crippen LogP contribution is 2.28. The Morgan fingerprint density at radius 3 is 2.57 bits per heavy atom. The minimum atomic E-state index is 0.937. The molecule has 1 aromatic heterocycles. The predicted octanol–water partition coefficient (Wildman–Crippen LogP) is 6.24. The number of allylic oxidation sites excluding steroid dienone is 2. The number of aromatic amines is 1. The molecule has 3 rings (SSSR count). The van der Waals surface area contributed by atoms with E-state index in [9.17, 15) is 0 Å². The predicted molar refractivity (Wildman–Crippen MR) is 101 cm³/mol. The first kappa shape index (κ1) is 15.4. The normalized spacial score (nSPS) is 10.8. The lowest BCUT2D eigenvalue weighted by Crippen LogP contribution is -1.92. The van der Waals surface area contributed by atoms with Crippen LogP contribution in [0.1, 0.15) is 36.5 Å². The van der Waals surface area contributed by atoms with Gasteiger partial charge in [-0.1, -0.05) is 50.4 Å². The van der Waals surface area contributed by atoms with Crippen molar-refractivity contribution in [3.63, 3.8) is 0 Å². The molecule has 0 aliphatic heterocycles. The van der Waals surface area contributed by atoms with Crippen LogP contribution in [0.2, 0.25) is 0 Å². The van der Waals surface area contributed by atoms with Crippen LogP contribution >= 0.6 is 0 Å². The molecule has 0 unspecified atom stereocenters. The quantitative estimate of drug-likeness (QED) is 0.555. The molecular formula is C22H23N. The zero-order chi connectivity index (χ0) is 16.2. The van der Waals surface area contributed by atoms with Gasteiger partial charge >= 0.3 is 0 Å². The average molecular weight is 301 g/mol. The van der Waals surface area contributed by atoms with Crippen LogP contribution in [0.4, 0.5) is 0 Å². The summed E-state index contributed by atoms with van der Waals surface area (Å²) in [4.78, 5) is 3.23. The summed E-state index contributed by atoms with van der Waals surface area (Å²) in [6.07, 6.45) is 4.90. The molecule has 0 saturated carbocycles. The van der Waals surface area contributed by atoms with Crippen molar-refractivity contribution in [1.29, 1.82) is 0 Å². The Morgan fingerprint density at radius 2 is 1.74 bits per heavy atom. The summed E-state index contributed by atoms with van der Waals surface area (Å²) < 4.78 is 0. The number of benzene rings is 2. The number of hydrogen-bond acceptors (Lipinski definition) is 0. The van der Waals surface area contributed by atoms with Gasteiger partial charge in [0.1, 0.15) is 0 Å². The molecule has 0 fully saturated rings. The topological polar surface area (TPSA) is 15.8 Å². The number of nitrogens with one attached hydrogen (secondary N) is 1. The van der Waals surface area contributed by atoms with Crippen molar-refractivity contribution >= 4 is 22.0 Å². The van der Waals surface area contributed by atoms with Gasteiger partial charge in [0.05, 0.1) is 0 Å². The molecule has 3 aromatic rings. The average Bonchev–Trinajstić information content (AvgIpc) is 3.06. The van der Waals surface area contributed by atoms with Crippen molar-refractivity contribution in [2.24, 2.45) is 0 Å². The number of H-pyrrole nitrogens is 1. The monoisotopic (exact) mass is 301 g/mol. The zero-order valence-corrected chi connectivity index (χ0v) is 13.7. The van der Waals surface area contributed by atoms with E-state index in [1.54, 1.807) is 0 Å². The lowest BCUT2D eigenvalue weighted by Gasteiger charge is -2.12. The lowest BCUT2D eigenvalue weighted by atomic mass is 9.93. The Morgan fingerprint density at radius 1 is 0.957 bits per heavy atom. The van der Waals surface area contributed by atoms with Crippen LogP contribution in [-0.4, -0.2) is 4.98 Å². The maximum Gasteiger partial charge on any atom is 0.0454 e. The highest BCUT2D eigenvalue weighted by molar-refractivity contribution is 5.84. The van der Waals surface area contributed by atoms with E-state index in [2.05, 4.69) is 73.6 Å². The van der Waals surface area contributed by atoms with Crippen molar-refractivity contribution in [3.8, 4) is 0 Å². The summed E-state index contributed by atoms with van der Waals surface area (Å²) in [5, 5.41) is 1.24. The second kappa shape index (κ2) is 6.70. The Hall–Kier alpha value is -2.54. The third-order valence-electron chi connectivity index (χ3n) is 4.47. The fourth-order valence-corrected chi connectivity index (χ4v) is 3.03. The second-order valence-corrected chi connectivity index (χ2v) is 6.00. The first-order chi connectivity index (χ1) is 11.2. The smallest absolute Gasteiger partial charge is 0.0454 e. The molecule has 0 saturated heterocycles. The van der Waals surface area contributed by atoms with Gasteiger partial charge in [-0.2, -0.15) is 0 Å². The van der Waals surface area contributed by atoms with E-state index in [0.29, 0.717) is 0 Å². The highest BCUT2D eigenvalue weighted by atomic mass is 14.7. The third kappa shape index (κ3) is 3.29. The van der Waals surface area contributed by atoms with Gasteiger partial charge in [-0.25, -0.2) is 0 Å². The fourth-order valence-electron chi connectivity index (χ4n) is 3.03. The maximum atomic E-state index is 4.29. The Bertz CT molecular complexity index is 851. The Labute approximate surface area is 138 Å². The molecule has 1 heterocycles. The van der Waals surface area contributed by atoms with Crippen LogP contribution in [0.25, 0.3) is 22.0 Å². The van der Waals surface area contributed by atoms with Gasteiger partial charge in [-0.05, 0) is 70.7 Å². The minimum Gasteiger partial charge on any atom is -0.361 e. The molecular weight excluding hydrogens is 278 g/mol. The van der Waals surface area contributed by atoms with E-state index in [0.717, 1.165) is 19.3 Å². The molecule has 23 heavy (non-hydrogen) atoms. The van der Waals surface area contributed by atoms with Gasteiger partial charge in [0.25, 0.3) is 0 Å². The number of aromatic nitrogens is 1. The van der Waals surface area contributed by atoms with Gasteiger partial charge in [0.2, 0.25) is 0 Å². The second-order valence-electron chi connectivity index (χ2n) is 6.00. The summed E-state index contributed by atoms with van der Waals surface area (Å²) in [5.74, 6) is 0. The molecule has 1 heteroatoms. The number of hydrogen-bond donors (Lipinski definition) is 1. The summed E-state index contributed by atoms with van der Waals surface area (Å²) >= 11 is 0. The van der Waals surface area contributed by atoms with Crippen LogP contribution in [-0.2, 0) is 6.42 Å². The number of aryl methyl sites for hydroxylation is 1. The van der Waals surface area contributed by atoms with Crippen LogP contribution in [0.3, 0.4) is 0 Å². The Balaban J connectivity index is 1.69. The molecule has 0 aliphatic rings. The molecule has 0 bridgehead atoms. The van der Waals surface area contributed by atoms with E-state index in [4.69, 9.17) is 0 Å². The SMILES string of the molecule is C=C(CCC(=C)c1ccccc1CC)c1ccc2[nH]ccc2c1. The van der Waals surface area contributed by atoms with Gasteiger partial charge in [-0.15, -0.1) is 0 Å². The highest BCUT2D eigenvalue weighted by Gasteiger charge is 2.07. The summed E-state index contributed by atoms with van der Waals surface area (Å²) in [6, 6.07) is 17.1. The maximum absolute atomic E-state index is 4.29. The fraction of sp³-hybridized carbons (Fsp3) is 0.182. The van der Waals surface area contributed by atoms with Crippen LogP contribution in [0.15, 0.2) is 67.9 Å². The first-order valence-corrected chi connectivity index (χ1v) is 8.20. The first-order valence-electron chi connectivity index (χ1n) is 8.20. The molecule has 1 N–H and O–H groups in total. The third-order valence-corrected chi connectivity index (χ3v) is 4.47. The van der Waals surface area contributed by atoms with Gasteiger partial charge < -0.3 is 4.98 Å². The summed E-state index contributed by atoms with van der Waals surface area (Å²) in [5.41, 5.74) is 7.42. The van der Waals surface area contributed by atoms with Crippen LogP contribution in [0, 0.1) is 0 Å². The van der Waals surface area contributed by atoms with E-state index in [-0.39, 0.29) is 0 Å². The van der Waals surface area contributed by atoms with Crippen LogP contribution in [0.5, 0.6) is 0 Å². The van der Waals surface area contributed by atoms with Crippen molar-refractivity contribution in [3.05, 3.63) is 84.6 Å². The molecule has 0 aliphatic carbocycles. The standard InChI is InChI=1S/C22H23N/c1-4-18-7-5-6-8-21(18)17(3)10-9-16(2)19-11-12-22-20(15-19)13-14-23-22/h5-8,11-15,23H,2-4,9-10H2,1H3. The molecule has 2 aromatic carbocycles. The molecule has 0 amide bonds. The van der Waals surface area contributed by atoms with Crippen molar-refractivity contribution in [1.82, 2.24) is 4.98 Å². The van der Waals surface area contributed by atoms with E-state index < -0.39 is 0 Å². The minimum absolute atomic E-state index is 0.937. The Kier molecular flexibility index (Phi) is 4.47. The van der Waals surface area contributed by atoms with E-state index in [1.165, 1.54) is 38.7 Å². The van der Waals surface area contributed by atoms with Gasteiger partial charge in [0, 0.05) is 11.7 Å². The zero-order valence-electron chi connectivity index (χ0n) is 13.7. The van der Waals surface area contributed by atoms with Gasteiger partial charge in [0.15, 0.2) is 0 Å².